The normalized spacial score (nSPS) is 14.1. The topological polar surface area (TPSA) is 100 Å². The molecule has 0 saturated heterocycles. The first-order chi connectivity index (χ1) is 15.5. The number of amides is 1. The average molecular weight is 547 g/mol. The van der Waals surface area contributed by atoms with E-state index in [0.717, 1.165) is 35.1 Å². The summed E-state index contributed by atoms with van der Waals surface area (Å²) < 4.78 is 10.7. The number of unbranched alkanes of at least 4 members (excludes halogenated alkanes) is 1. The molecule has 0 radical (unpaired) electrons. The summed E-state index contributed by atoms with van der Waals surface area (Å²) >= 11 is 1.61. The highest BCUT2D eigenvalue weighted by Crippen LogP contribution is 2.38. The van der Waals surface area contributed by atoms with Crippen molar-refractivity contribution >= 4 is 38.2 Å². The maximum Gasteiger partial charge on any atom is 0.328 e. The molecule has 3 rings (SSSR count). The Kier molecular flexibility index (Phi) is 8.66. The Morgan fingerprint density at radius 2 is 1.81 bits per heavy atom. The number of nitrogens with zero attached hydrogens (tertiary/aromatic N) is 1. The molecular weight excluding hydrogens is 523 g/mol. The molecule has 2 aromatic carbocycles. The van der Waals surface area contributed by atoms with Crippen LogP contribution in [0.25, 0.3) is 11.1 Å². The van der Waals surface area contributed by atoms with Gasteiger partial charge in [0.15, 0.2) is 0 Å². The van der Waals surface area contributed by atoms with Gasteiger partial charge in [-0.1, -0.05) is 44.0 Å². The molecule has 0 heterocycles. The molecule has 0 spiro atoms. The molecule has 1 aliphatic carbocycles. The van der Waals surface area contributed by atoms with Crippen LogP contribution in [-0.4, -0.2) is 34.9 Å². The third-order valence-corrected chi connectivity index (χ3v) is 5.37. The third kappa shape index (κ3) is 5.87. The van der Waals surface area contributed by atoms with Gasteiger partial charge in [0.1, 0.15) is 25.0 Å². The summed E-state index contributed by atoms with van der Waals surface area (Å²) in [6.07, 6.45) is 5.73. The number of nitrogens with one attached hydrogen (secondary N) is 1. The van der Waals surface area contributed by atoms with Gasteiger partial charge in [-0.25, -0.2) is 4.79 Å². The van der Waals surface area contributed by atoms with Crippen LogP contribution in [0.1, 0.15) is 37.3 Å². The number of esters is 1. The molecule has 32 heavy (non-hydrogen) atoms. The van der Waals surface area contributed by atoms with E-state index >= 15 is 0 Å². The lowest BCUT2D eigenvalue weighted by Crippen LogP contribution is -2.39. The monoisotopic (exact) mass is 547 g/mol. The van der Waals surface area contributed by atoms with Gasteiger partial charge in [-0.3, -0.25) is 4.79 Å². The molecule has 168 valence electrons. The second kappa shape index (κ2) is 11.7. The Morgan fingerprint density at radius 3 is 2.53 bits per heavy atom. The van der Waals surface area contributed by atoms with Crippen molar-refractivity contribution in [2.75, 3.05) is 13.2 Å². The van der Waals surface area contributed by atoms with Crippen molar-refractivity contribution < 1.29 is 19.1 Å². The summed E-state index contributed by atoms with van der Waals surface area (Å²) in [6.45, 7) is 2.39. The molecule has 1 amide bonds. The summed E-state index contributed by atoms with van der Waals surface area (Å²) in [5.74, 6) is 0.167. The molecule has 7 nitrogen and oxygen atoms in total. The Balaban J connectivity index is 1.50. The van der Waals surface area contributed by atoms with Crippen LogP contribution in [0, 0.1) is 5.21 Å². The minimum Gasteiger partial charge on any atom is -0.791 e. The number of carbonyl (C=O) groups is 2. The molecule has 0 saturated carbocycles. The molecule has 2 aromatic rings. The predicted octanol–water partition coefficient (Wildman–Crippen LogP) is 5.18. The second-order valence-corrected chi connectivity index (χ2v) is 8.20. The maximum atomic E-state index is 12.2. The number of fused-ring (bicyclic) bond motifs is 3. The van der Waals surface area contributed by atoms with Gasteiger partial charge in [-0.15, -0.1) is 0 Å². The first-order valence-corrected chi connectivity index (χ1v) is 11.5. The van der Waals surface area contributed by atoms with Crippen LogP contribution in [0.4, 0.5) is 4.79 Å². The first kappa shape index (κ1) is 23.8. The lowest BCUT2D eigenvalue weighted by Gasteiger charge is -2.15. The number of benzene rings is 2. The van der Waals surface area contributed by atoms with Gasteiger partial charge in [-0.2, -0.15) is 0 Å². The molecule has 1 atom stereocenters. The summed E-state index contributed by atoms with van der Waals surface area (Å²) in [7, 11) is 0. The van der Waals surface area contributed by atoms with E-state index in [1.165, 1.54) is 0 Å². The quantitative estimate of drug-likeness (QED) is 0.0942. The Morgan fingerprint density at radius 1 is 1.09 bits per heavy atom. The molecule has 0 aromatic heterocycles. The smallest absolute Gasteiger partial charge is 0.328 e. The van der Waals surface area contributed by atoms with E-state index in [-0.39, 0.29) is 17.1 Å². The number of carbonyl (C=O) groups excluding carboxylic acids is 2. The van der Waals surface area contributed by atoms with Gasteiger partial charge in [0.05, 0.1) is 5.71 Å². The van der Waals surface area contributed by atoms with Crippen molar-refractivity contribution in [3.8, 4) is 16.9 Å². The van der Waals surface area contributed by atoms with Crippen molar-refractivity contribution in [2.45, 2.75) is 32.2 Å². The van der Waals surface area contributed by atoms with Gasteiger partial charge in [-0.05, 0) is 47.9 Å². The van der Waals surface area contributed by atoms with Crippen molar-refractivity contribution in [1.82, 2.24) is 5.32 Å². The van der Waals surface area contributed by atoms with Crippen molar-refractivity contribution in [1.29, 1.82) is 0 Å². The van der Waals surface area contributed by atoms with E-state index in [4.69, 9.17) is 9.47 Å². The second-order valence-electron chi connectivity index (χ2n) is 7.22. The Hall–Kier alpha value is -2.88. The zero-order chi connectivity index (χ0) is 22.9. The lowest BCUT2D eigenvalue weighted by atomic mass is 10.1. The molecule has 0 bridgehead atoms. The van der Waals surface area contributed by atoms with Crippen LogP contribution in [0.3, 0.4) is 0 Å². The fourth-order valence-corrected chi connectivity index (χ4v) is 3.89. The van der Waals surface area contributed by atoms with E-state index in [2.05, 4.69) is 10.5 Å². The largest absolute Gasteiger partial charge is 0.791 e. The molecule has 8 heteroatoms. The maximum absolute atomic E-state index is 12.2. The van der Waals surface area contributed by atoms with Crippen molar-refractivity contribution in [2.24, 2.45) is 5.16 Å². The van der Waals surface area contributed by atoms with Gasteiger partial charge in [0, 0.05) is 33.7 Å². The van der Waals surface area contributed by atoms with Crippen molar-refractivity contribution in [3.63, 3.8) is 0 Å². The highest BCUT2D eigenvalue weighted by atomic mass is 127. The van der Waals surface area contributed by atoms with Gasteiger partial charge < -0.3 is 25.2 Å². The van der Waals surface area contributed by atoms with Gasteiger partial charge in [0.25, 0.3) is 3.91 Å². The third-order valence-electron chi connectivity index (χ3n) is 5.06. The zero-order valence-electron chi connectivity index (χ0n) is 17.7. The number of hydrogen-bond donors (Lipinski definition) is 1. The summed E-state index contributed by atoms with van der Waals surface area (Å²) in [4.78, 5) is 23.4. The van der Waals surface area contributed by atoms with Crippen LogP contribution in [0.15, 0.2) is 59.8 Å². The van der Waals surface area contributed by atoms with Crippen LogP contribution < -0.4 is 10.1 Å². The Bertz CT molecular complexity index is 1030. The van der Waals surface area contributed by atoms with Crippen LogP contribution in [0.5, 0.6) is 5.75 Å². The van der Waals surface area contributed by atoms with E-state index in [1.54, 1.807) is 34.7 Å². The SMILES string of the molecule is CCCC[C@@H](NC(=O)I)C(=O)OC/C=C/COc1ccc2c(c1)/C(=N/[O-])c1ccccc1-2. The molecule has 0 aliphatic heterocycles. The number of ether oxygens (including phenoxy) is 2. The molecule has 1 aliphatic rings. The number of hydrogen-bond acceptors (Lipinski definition) is 6. The Labute approximate surface area is 200 Å². The van der Waals surface area contributed by atoms with Crippen LogP contribution in [0.2, 0.25) is 0 Å². The molecule has 0 unspecified atom stereocenters. The summed E-state index contributed by atoms with van der Waals surface area (Å²) in [6, 6.07) is 12.6. The first-order valence-electron chi connectivity index (χ1n) is 10.4. The summed E-state index contributed by atoms with van der Waals surface area (Å²) in [5, 5.41) is 17.2. The summed E-state index contributed by atoms with van der Waals surface area (Å²) in [5.41, 5.74) is 3.95. The minimum atomic E-state index is -0.628. The van der Waals surface area contributed by atoms with Crippen LogP contribution >= 0.6 is 22.6 Å². The van der Waals surface area contributed by atoms with E-state index in [0.29, 0.717) is 17.9 Å². The standard InChI is InChI=1S/C24H25IN2O5/c1-2-3-10-21(26-24(25)29)23(28)32-14-7-6-13-31-16-11-12-18-17-8-4-5-9-19(17)22(27-30)20(18)15-16/h4-9,11-12,15,21,30H,2-3,10,13-14H2,1H3,(H,26,29)/p-1/b7-6+,27-22+/t21-/m1/s1. The minimum absolute atomic E-state index is 0.0917. The fourth-order valence-electron chi connectivity index (χ4n) is 3.52. The van der Waals surface area contributed by atoms with Crippen molar-refractivity contribution in [3.05, 3.63) is 71.0 Å². The van der Waals surface area contributed by atoms with Gasteiger partial charge in [0.2, 0.25) is 0 Å². The van der Waals surface area contributed by atoms with E-state index in [1.807, 2.05) is 49.4 Å². The van der Waals surface area contributed by atoms with E-state index < -0.39 is 12.0 Å². The lowest BCUT2D eigenvalue weighted by molar-refractivity contribution is -0.144. The predicted molar refractivity (Wildman–Crippen MR) is 132 cm³/mol. The molecule has 0 fully saturated rings. The number of halogens is 1. The van der Waals surface area contributed by atoms with E-state index in [9.17, 15) is 14.8 Å². The zero-order valence-corrected chi connectivity index (χ0v) is 19.8. The molecule has 1 N–H and O–H groups in total. The highest BCUT2D eigenvalue weighted by Gasteiger charge is 2.24. The highest BCUT2D eigenvalue weighted by molar-refractivity contribution is 14.1. The fraction of sp³-hybridized carbons (Fsp3) is 0.292. The van der Waals surface area contributed by atoms with Gasteiger partial charge >= 0.3 is 5.97 Å². The average Bonchev–Trinajstić information content (AvgIpc) is 3.11. The molecular formula is C24H24IN2O5-. The van der Waals surface area contributed by atoms with Crippen LogP contribution in [-0.2, 0) is 9.53 Å². The number of rotatable bonds is 10.